The van der Waals surface area contributed by atoms with Crippen molar-refractivity contribution in [3.8, 4) is 0 Å². The fraction of sp³-hybridized carbons (Fsp3) is 0.500. The summed E-state index contributed by atoms with van der Waals surface area (Å²) in [5.74, 6) is 1.11. The summed E-state index contributed by atoms with van der Waals surface area (Å²) in [5, 5.41) is 7.04. The highest BCUT2D eigenvalue weighted by Crippen LogP contribution is 2.37. The summed E-state index contributed by atoms with van der Waals surface area (Å²) in [4.78, 5) is 11.4. The topological polar surface area (TPSA) is 29.1 Å². The van der Waals surface area contributed by atoms with Gasteiger partial charge in [-0.05, 0) is 34.7 Å². The Balaban J connectivity index is 1.77. The Labute approximate surface area is 82.0 Å². The molecule has 13 heavy (non-hydrogen) atoms. The van der Waals surface area contributed by atoms with Gasteiger partial charge in [0.15, 0.2) is 0 Å². The molecule has 0 bridgehead atoms. The van der Waals surface area contributed by atoms with Crippen LogP contribution in [0.4, 0.5) is 0 Å². The van der Waals surface area contributed by atoms with Crippen molar-refractivity contribution in [3.05, 3.63) is 22.4 Å². The van der Waals surface area contributed by atoms with Crippen LogP contribution in [0.2, 0.25) is 0 Å². The number of carbonyl (C=O) groups is 1. The summed E-state index contributed by atoms with van der Waals surface area (Å²) in [6.07, 6.45) is 1.06. The minimum atomic E-state index is 0.221. The lowest BCUT2D eigenvalue weighted by atomic mass is 10.3. The number of hydrogen-bond donors (Lipinski definition) is 1. The van der Waals surface area contributed by atoms with Crippen molar-refractivity contribution in [1.82, 2.24) is 5.32 Å². The largest absolute Gasteiger partial charge is 0.352 e. The molecule has 1 heterocycles. The molecule has 1 aliphatic rings. The van der Waals surface area contributed by atoms with Crippen molar-refractivity contribution < 1.29 is 4.79 Å². The number of amides is 1. The van der Waals surface area contributed by atoms with E-state index in [1.807, 2.05) is 11.4 Å². The van der Waals surface area contributed by atoms with E-state index < -0.39 is 0 Å². The predicted octanol–water partition coefficient (Wildman–Crippen LogP) is 2.02. The van der Waals surface area contributed by atoms with E-state index in [0.717, 1.165) is 6.42 Å². The van der Waals surface area contributed by atoms with Crippen LogP contribution in [-0.2, 0) is 11.3 Å². The molecule has 0 aliphatic heterocycles. The molecule has 1 N–H and O–H groups in total. The number of rotatable bonds is 3. The number of thiophene rings is 1. The van der Waals surface area contributed by atoms with E-state index in [1.165, 1.54) is 5.56 Å². The van der Waals surface area contributed by atoms with E-state index in [4.69, 9.17) is 0 Å². The highest BCUT2D eigenvalue weighted by atomic mass is 32.1. The Hall–Kier alpha value is -0.830. The Bertz CT molecular complexity index is 294. The first kappa shape index (κ1) is 8.75. The van der Waals surface area contributed by atoms with Crippen LogP contribution in [0.3, 0.4) is 0 Å². The number of carbonyl (C=O) groups excluding carboxylic acids is 1. The molecule has 1 amide bonds. The van der Waals surface area contributed by atoms with Crippen LogP contribution in [0.25, 0.3) is 0 Å². The van der Waals surface area contributed by atoms with Crippen LogP contribution < -0.4 is 5.32 Å². The minimum absolute atomic E-state index is 0.221. The summed E-state index contributed by atoms with van der Waals surface area (Å²) in [6.45, 7) is 2.81. The molecule has 0 aromatic carbocycles. The molecule has 0 unspecified atom stereocenters. The summed E-state index contributed by atoms with van der Waals surface area (Å²) in [6, 6.07) is 2.04. The van der Waals surface area contributed by atoms with Crippen LogP contribution in [-0.4, -0.2) is 5.91 Å². The van der Waals surface area contributed by atoms with Gasteiger partial charge in [-0.2, -0.15) is 11.3 Å². The van der Waals surface area contributed by atoms with Crippen molar-refractivity contribution in [2.45, 2.75) is 19.9 Å². The molecular weight excluding hydrogens is 182 g/mol. The fourth-order valence-corrected chi connectivity index (χ4v) is 2.07. The third-order valence-corrected chi connectivity index (χ3v) is 3.23. The monoisotopic (exact) mass is 195 g/mol. The van der Waals surface area contributed by atoms with Crippen molar-refractivity contribution in [2.75, 3.05) is 0 Å². The third-order valence-electron chi connectivity index (χ3n) is 2.49. The lowest BCUT2D eigenvalue weighted by molar-refractivity contribution is -0.122. The second kappa shape index (κ2) is 3.50. The Kier molecular flexibility index (Phi) is 2.36. The van der Waals surface area contributed by atoms with Gasteiger partial charge < -0.3 is 5.32 Å². The van der Waals surface area contributed by atoms with Gasteiger partial charge in [0, 0.05) is 12.5 Å². The summed E-state index contributed by atoms with van der Waals surface area (Å²) >= 11 is 1.66. The molecule has 1 saturated carbocycles. The molecule has 70 valence electrons. The third kappa shape index (κ3) is 2.10. The van der Waals surface area contributed by atoms with Gasteiger partial charge in [-0.1, -0.05) is 6.92 Å². The van der Waals surface area contributed by atoms with Gasteiger partial charge in [0.25, 0.3) is 0 Å². The Morgan fingerprint density at radius 1 is 1.77 bits per heavy atom. The normalized spacial score (nSPS) is 25.6. The zero-order valence-electron chi connectivity index (χ0n) is 7.62. The molecule has 3 heteroatoms. The van der Waals surface area contributed by atoms with Gasteiger partial charge in [0.1, 0.15) is 0 Å². The van der Waals surface area contributed by atoms with Gasteiger partial charge >= 0.3 is 0 Å². The summed E-state index contributed by atoms with van der Waals surface area (Å²) in [5.41, 5.74) is 1.20. The highest BCUT2D eigenvalue weighted by molar-refractivity contribution is 7.07. The average Bonchev–Trinajstić information content (AvgIpc) is 2.68. The quantitative estimate of drug-likeness (QED) is 0.785. The molecule has 0 spiro atoms. The van der Waals surface area contributed by atoms with Gasteiger partial charge in [0.2, 0.25) is 5.91 Å². The first-order chi connectivity index (χ1) is 6.27. The molecule has 2 rings (SSSR count). The molecule has 2 atom stereocenters. The van der Waals surface area contributed by atoms with E-state index >= 15 is 0 Å². The average molecular weight is 195 g/mol. The van der Waals surface area contributed by atoms with Crippen molar-refractivity contribution in [2.24, 2.45) is 11.8 Å². The van der Waals surface area contributed by atoms with E-state index in [-0.39, 0.29) is 5.91 Å². The molecule has 2 nitrogen and oxygen atoms in total. The summed E-state index contributed by atoms with van der Waals surface area (Å²) < 4.78 is 0. The second-order valence-electron chi connectivity index (χ2n) is 3.67. The zero-order chi connectivity index (χ0) is 9.26. The van der Waals surface area contributed by atoms with E-state index in [9.17, 15) is 4.79 Å². The molecule has 0 saturated heterocycles. The SMILES string of the molecule is C[C@@H]1C[C@H]1C(=O)NCc1ccsc1. The molecule has 1 fully saturated rings. The van der Waals surface area contributed by atoms with E-state index in [0.29, 0.717) is 18.4 Å². The van der Waals surface area contributed by atoms with Crippen molar-refractivity contribution in [3.63, 3.8) is 0 Å². The van der Waals surface area contributed by atoms with Crippen LogP contribution in [0.15, 0.2) is 16.8 Å². The first-order valence-electron chi connectivity index (χ1n) is 4.56. The van der Waals surface area contributed by atoms with Crippen molar-refractivity contribution >= 4 is 17.2 Å². The standard InChI is InChI=1S/C10H13NOS/c1-7-4-9(7)10(12)11-5-8-2-3-13-6-8/h2-3,6-7,9H,4-5H2,1H3,(H,11,12)/t7-,9-/m1/s1. The smallest absolute Gasteiger partial charge is 0.223 e. The van der Waals surface area contributed by atoms with Crippen LogP contribution in [0, 0.1) is 11.8 Å². The maximum Gasteiger partial charge on any atom is 0.223 e. The molecule has 1 aromatic rings. The fourth-order valence-electron chi connectivity index (χ4n) is 1.40. The van der Waals surface area contributed by atoms with Gasteiger partial charge in [0.05, 0.1) is 0 Å². The Morgan fingerprint density at radius 2 is 2.54 bits per heavy atom. The molecule has 0 radical (unpaired) electrons. The zero-order valence-corrected chi connectivity index (χ0v) is 8.43. The molecular formula is C10H13NOS. The lowest BCUT2D eigenvalue weighted by Gasteiger charge is -2.01. The van der Waals surface area contributed by atoms with E-state index in [1.54, 1.807) is 11.3 Å². The summed E-state index contributed by atoms with van der Waals surface area (Å²) in [7, 11) is 0. The minimum Gasteiger partial charge on any atom is -0.352 e. The van der Waals surface area contributed by atoms with Gasteiger partial charge in [-0.3, -0.25) is 4.79 Å². The van der Waals surface area contributed by atoms with E-state index in [2.05, 4.69) is 17.6 Å². The number of nitrogens with one attached hydrogen (secondary N) is 1. The van der Waals surface area contributed by atoms with Gasteiger partial charge in [-0.15, -0.1) is 0 Å². The lowest BCUT2D eigenvalue weighted by Crippen LogP contribution is -2.24. The van der Waals surface area contributed by atoms with Gasteiger partial charge in [-0.25, -0.2) is 0 Å². The maximum atomic E-state index is 11.4. The maximum absolute atomic E-state index is 11.4. The number of hydrogen-bond acceptors (Lipinski definition) is 2. The second-order valence-corrected chi connectivity index (χ2v) is 4.45. The first-order valence-corrected chi connectivity index (χ1v) is 5.50. The highest BCUT2D eigenvalue weighted by Gasteiger charge is 2.38. The molecule has 1 aliphatic carbocycles. The predicted molar refractivity (Wildman–Crippen MR) is 53.4 cm³/mol. The van der Waals surface area contributed by atoms with Crippen LogP contribution >= 0.6 is 11.3 Å². The van der Waals surface area contributed by atoms with Crippen molar-refractivity contribution in [1.29, 1.82) is 0 Å². The van der Waals surface area contributed by atoms with Crippen LogP contribution in [0.5, 0.6) is 0 Å². The van der Waals surface area contributed by atoms with Crippen LogP contribution in [0.1, 0.15) is 18.9 Å². The molecule has 1 aromatic heterocycles. The Morgan fingerprint density at radius 3 is 3.08 bits per heavy atom.